The molecule has 2 heterocycles. The molecule has 0 atom stereocenters. The van der Waals surface area contributed by atoms with E-state index in [1.54, 1.807) is 12.0 Å². The largest absolute Gasteiger partial charge is 0.494 e. The van der Waals surface area contributed by atoms with Gasteiger partial charge in [-0.3, -0.25) is 4.79 Å². The monoisotopic (exact) mass is 409 g/mol. The lowest BCUT2D eigenvalue weighted by Crippen LogP contribution is -2.34. The number of carbonyl (C=O) groups is 1. The number of hydrogen-bond donors (Lipinski definition) is 1. The summed E-state index contributed by atoms with van der Waals surface area (Å²) in [6, 6.07) is 15.3. The van der Waals surface area contributed by atoms with Crippen molar-refractivity contribution in [3.63, 3.8) is 0 Å². The lowest BCUT2D eigenvalue weighted by Gasteiger charge is -2.14. The van der Waals surface area contributed by atoms with E-state index in [-0.39, 0.29) is 19.0 Å². The van der Waals surface area contributed by atoms with E-state index in [0.717, 1.165) is 20.9 Å². The Morgan fingerprint density at radius 3 is 2.79 bits per heavy atom. The number of aromatic nitrogens is 3. The van der Waals surface area contributed by atoms with Crippen molar-refractivity contribution in [2.24, 2.45) is 0 Å². The topological polar surface area (TPSA) is 93.4 Å². The number of ether oxygens (including phenoxy) is 1. The normalized spacial score (nSPS) is 10.8. The molecule has 8 nitrogen and oxygen atoms in total. The number of fused-ring (bicyclic) bond motifs is 1. The number of rotatable bonds is 7. The second-order valence-electron chi connectivity index (χ2n) is 6.31. The zero-order valence-corrected chi connectivity index (χ0v) is 16.8. The van der Waals surface area contributed by atoms with Gasteiger partial charge in [-0.05, 0) is 12.1 Å². The Morgan fingerprint density at radius 2 is 2.00 bits per heavy atom. The number of nitrogens with zero attached hydrogens (tertiary/aromatic N) is 4. The van der Waals surface area contributed by atoms with E-state index in [2.05, 4.69) is 20.4 Å². The fourth-order valence-corrected chi connectivity index (χ4v) is 3.73. The molecule has 9 heteroatoms. The van der Waals surface area contributed by atoms with Crippen molar-refractivity contribution >= 4 is 32.6 Å². The maximum atomic E-state index is 12.3. The molecule has 1 amide bonds. The third-order valence-electron chi connectivity index (χ3n) is 4.23. The number of para-hydroxylation sites is 1. The number of hydrogen-bond acceptors (Lipinski definition) is 8. The number of anilines is 1. The molecule has 0 spiro atoms. The van der Waals surface area contributed by atoms with Crippen molar-refractivity contribution in [2.75, 3.05) is 25.6 Å². The van der Waals surface area contributed by atoms with Gasteiger partial charge in [0.05, 0.1) is 24.9 Å². The van der Waals surface area contributed by atoms with Gasteiger partial charge in [-0.2, -0.15) is 4.98 Å². The number of carbonyl (C=O) groups excluding carboxylic acids is 1. The molecule has 0 aliphatic rings. The number of amides is 1. The zero-order valence-electron chi connectivity index (χ0n) is 16.0. The van der Waals surface area contributed by atoms with Crippen molar-refractivity contribution in [1.29, 1.82) is 0 Å². The molecule has 2 aromatic carbocycles. The predicted octanol–water partition coefficient (Wildman–Crippen LogP) is 3.11. The molecule has 0 saturated heterocycles. The molecule has 2 aromatic heterocycles. The lowest BCUT2D eigenvalue weighted by molar-refractivity contribution is -0.120. The van der Waals surface area contributed by atoms with Crippen LogP contribution in [-0.4, -0.2) is 41.7 Å². The number of nitrogens with one attached hydrogen (secondary N) is 1. The first kappa shape index (κ1) is 18.9. The molecule has 0 aliphatic carbocycles. The van der Waals surface area contributed by atoms with Gasteiger partial charge in [0.2, 0.25) is 17.6 Å². The lowest BCUT2D eigenvalue weighted by atomic mass is 10.2. The second kappa shape index (κ2) is 8.27. The summed E-state index contributed by atoms with van der Waals surface area (Å²) in [7, 11) is 3.44. The Hall–Kier alpha value is -3.46. The molecule has 148 valence electrons. The number of thiazole rings is 1. The number of likely N-dealkylation sites (N-methyl/N-ethyl adjacent to an activating group) is 1. The van der Waals surface area contributed by atoms with E-state index >= 15 is 0 Å². The maximum absolute atomic E-state index is 12.3. The Morgan fingerprint density at radius 1 is 1.17 bits per heavy atom. The van der Waals surface area contributed by atoms with E-state index in [1.165, 1.54) is 11.3 Å². The van der Waals surface area contributed by atoms with E-state index < -0.39 is 0 Å². The minimum Gasteiger partial charge on any atom is -0.494 e. The molecule has 0 bridgehead atoms. The van der Waals surface area contributed by atoms with Gasteiger partial charge in [0, 0.05) is 12.6 Å². The highest BCUT2D eigenvalue weighted by Gasteiger charge is 2.15. The van der Waals surface area contributed by atoms with Crippen LogP contribution in [0.3, 0.4) is 0 Å². The fourth-order valence-electron chi connectivity index (χ4n) is 2.78. The summed E-state index contributed by atoms with van der Waals surface area (Å²) in [6.07, 6.45) is 0. The standard InChI is InChI=1S/C20H19N5O3S/c1-25(20-23-18-14(27-2)9-6-10-15(18)29-20)12-16(26)21-11-17-22-19(24-28-17)13-7-4-3-5-8-13/h3-10H,11-12H2,1-2H3,(H,21,26). The van der Waals surface area contributed by atoms with E-state index in [4.69, 9.17) is 9.26 Å². The summed E-state index contributed by atoms with van der Waals surface area (Å²) < 4.78 is 11.6. The fraction of sp³-hybridized carbons (Fsp3) is 0.200. The van der Waals surface area contributed by atoms with Crippen LogP contribution in [0.15, 0.2) is 53.1 Å². The van der Waals surface area contributed by atoms with Crippen molar-refractivity contribution in [3.05, 3.63) is 54.4 Å². The highest BCUT2D eigenvalue weighted by atomic mass is 32.1. The van der Waals surface area contributed by atoms with Crippen molar-refractivity contribution in [3.8, 4) is 17.1 Å². The van der Waals surface area contributed by atoms with Gasteiger partial charge in [-0.15, -0.1) is 0 Å². The van der Waals surface area contributed by atoms with Crippen molar-refractivity contribution < 1.29 is 14.1 Å². The quantitative estimate of drug-likeness (QED) is 0.501. The Balaban J connectivity index is 1.36. The van der Waals surface area contributed by atoms with E-state index in [0.29, 0.717) is 17.5 Å². The van der Waals surface area contributed by atoms with Crippen LogP contribution in [-0.2, 0) is 11.3 Å². The first-order chi connectivity index (χ1) is 14.1. The highest BCUT2D eigenvalue weighted by molar-refractivity contribution is 7.22. The average Bonchev–Trinajstić information content (AvgIpc) is 3.40. The van der Waals surface area contributed by atoms with Crippen molar-refractivity contribution in [2.45, 2.75) is 6.54 Å². The van der Waals surface area contributed by atoms with Crippen LogP contribution in [0, 0.1) is 0 Å². The van der Waals surface area contributed by atoms with Crippen LogP contribution in [0.4, 0.5) is 5.13 Å². The smallest absolute Gasteiger partial charge is 0.246 e. The van der Waals surface area contributed by atoms with E-state index in [1.807, 2.05) is 55.6 Å². The highest BCUT2D eigenvalue weighted by Crippen LogP contribution is 2.33. The minimum atomic E-state index is -0.168. The first-order valence-corrected chi connectivity index (χ1v) is 9.75. The number of methoxy groups -OCH3 is 1. The van der Waals surface area contributed by atoms with Gasteiger partial charge in [-0.25, -0.2) is 4.98 Å². The molecule has 0 saturated carbocycles. The van der Waals surface area contributed by atoms with Crippen LogP contribution in [0.25, 0.3) is 21.6 Å². The van der Waals surface area contributed by atoms with Gasteiger partial charge in [0.25, 0.3) is 0 Å². The Kier molecular flexibility index (Phi) is 5.39. The molecule has 0 aliphatic heterocycles. The van der Waals surface area contributed by atoms with Gasteiger partial charge in [0.15, 0.2) is 5.13 Å². The van der Waals surface area contributed by atoms with Crippen LogP contribution >= 0.6 is 11.3 Å². The van der Waals surface area contributed by atoms with Crippen LogP contribution in [0.2, 0.25) is 0 Å². The molecule has 0 unspecified atom stereocenters. The molecule has 1 N–H and O–H groups in total. The Labute approximate surface area is 171 Å². The van der Waals surface area contributed by atoms with Crippen molar-refractivity contribution in [1.82, 2.24) is 20.4 Å². The predicted molar refractivity (Wildman–Crippen MR) is 111 cm³/mol. The molecule has 4 rings (SSSR count). The van der Waals surface area contributed by atoms with Crippen LogP contribution < -0.4 is 15.0 Å². The molecular formula is C20H19N5O3S. The van der Waals surface area contributed by atoms with Gasteiger partial charge < -0.3 is 19.5 Å². The summed E-state index contributed by atoms with van der Waals surface area (Å²) in [5.74, 6) is 1.40. The van der Waals surface area contributed by atoms with Gasteiger partial charge in [-0.1, -0.05) is 52.9 Å². The summed E-state index contributed by atoms with van der Waals surface area (Å²) in [6.45, 7) is 0.321. The Bertz CT molecular complexity index is 1130. The SMILES string of the molecule is COc1cccc2sc(N(C)CC(=O)NCc3nc(-c4ccccc4)no3)nc12. The maximum Gasteiger partial charge on any atom is 0.246 e. The second-order valence-corrected chi connectivity index (χ2v) is 7.32. The van der Waals surface area contributed by atoms with Crippen LogP contribution in [0.5, 0.6) is 5.75 Å². The molecule has 0 radical (unpaired) electrons. The van der Waals surface area contributed by atoms with E-state index in [9.17, 15) is 4.79 Å². The molecule has 29 heavy (non-hydrogen) atoms. The average molecular weight is 409 g/mol. The van der Waals surface area contributed by atoms with Gasteiger partial charge >= 0.3 is 0 Å². The summed E-state index contributed by atoms with van der Waals surface area (Å²) in [5.41, 5.74) is 1.65. The first-order valence-electron chi connectivity index (χ1n) is 8.93. The zero-order chi connectivity index (χ0) is 20.2. The molecular weight excluding hydrogens is 390 g/mol. The summed E-state index contributed by atoms with van der Waals surface area (Å²) in [4.78, 5) is 23.0. The third kappa shape index (κ3) is 4.19. The van der Waals surface area contributed by atoms with Gasteiger partial charge in [0.1, 0.15) is 11.3 Å². The molecule has 0 fully saturated rings. The summed E-state index contributed by atoms with van der Waals surface area (Å²) in [5, 5.41) is 7.48. The molecule has 4 aromatic rings. The number of benzene rings is 2. The minimum absolute atomic E-state index is 0.155. The van der Waals surface area contributed by atoms with Crippen LogP contribution in [0.1, 0.15) is 5.89 Å². The summed E-state index contributed by atoms with van der Waals surface area (Å²) >= 11 is 1.51. The third-order valence-corrected chi connectivity index (χ3v) is 5.37.